The highest BCUT2D eigenvalue weighted by molar-refractivity contribution is 9.10. The summed E-state index contributed by atoms with van der Waals surface area (Å²) in [4.78, 5) is 22.7. The Kier molecular flexibility index (Phi) is 4.09. The molecule has 2 rings (SSSR count). The van der Waals surface area contributed by atoms with Gasteiger partial charge < -0.3 is 15.2 Å². The summed E-state index contributed by atoms with van der Waals surface area (Å²) in [6.07, 6.45) is 0.972. The van der Waals surface area contributed by atoms with Crippen LogP contribution in [-0.2, 0) is 4.79 Å². The minimum Gasteiger partial charge on any atom is -0.496 e. The fraction of sp³-hybridized carbons (Fsp3) is 0.385. The molecular formula is C13H14BrNO4. The minimum atomic E-state index is -0.799. The third-order valence-corrected chi connectivity index (χ3v) is 3.72. The van der Waals surface area contributed by atoms with Gasteiger partial charge in [-0.05, 0) is 31.0 Å². The first-order valence-electron chi connectivity index (χ1n) is 5.88. The summed E-state index contributed by atoms with van der Waals surface area (Å²) in [7, 11) is 1.50. The molecule has 0 unspecified atom stereocenters. The van der Waals surface area contributed by atoms with E-state index in [0.717, 1.165) is 4.47 Å². The standard InChI is InChI=1S/C13H14BrNO4/c1-19-11-6-8(14)2-3-10(11)12(16)15-9-4-7(5-9)13(17)18/h2-3,6-7,9H,4-5H2,1H3,(H,15,16)(H,17,18). The van der Waals surface area contributed by atoms with Gasteiger partial charge in [-0.3, -0.25) is 9.59 Å². The third-order valence-electron chi connectivity index (χ3n) is 3.23. The molecular weight excluding hydrogens is 314 g/mol. The molecule has 1 saturated carbocycles. The molecule has 0 aliphatic heterocycles. The molecule has 102 valence electrons. The van der Waals surface area contributed by atoms with Crippen molar-refractivity contribution in [2.45, 2.75) is 18.9 Å². The smallest absolute Gasteiger partial charge is 0.306 e. The molecule has 0 radical (unpaired) electrons. The van der Waals surface area contributed by atoms with Crippen LogP contribution in [0, 0.1) is 5.92 Å². The highest BCUT2D eigenvalue weighted by Gasteiger charge is 2.35. The van der Waals surface area contributed by atoms with E-state index in [9.17, 15) is 9.59 Å². The van der Waals surface area contributed by atoms with Gasteiger partial charge in [0.25, 0.3) is 5.91 Å². The molecule has 0 aromatic heterocycles. The van der Waals surface area contributed by atoms with Crippen LogP contribution >= 0.6 is 15.9 Å². The maximum Gasteiger partial charge on any atom is 0.306 e. The molecule has 0 atom stereocenters. The van der Waals surface area contributed by atoms with Gasteiger partial charge >= 0.3 is 5.97 Å². The largest absolute Gasteiger partial charge is 0.496 e. The zero-order valence-corrected chi connectivity index (χ0v) is 11.9. The molecule has 0 bridgehead atoms. The zero-order chi connectivity index (χ0) is 14.0. The number of hydrogen-bond acceptors (Lipinski definition) is 3. The van der Waals surface area contributed by atoms with E-state index < -0.39 is 5.97 Å². The Balaban J connectivity index is 1.99. The van der Waals surface area contributed by atoms with E-state index >= 15 is 0 Å². The number of carbonyl (C=O) groups excluding carboxylic acids is 1. The quantitative estimate of drug-likeness (QED) is 0.887. The lowest BCUT2D eigenvalue weighted by Gasteiger charge is -2.32. The van der Waals surface area contributed by atoms with Crippen LogP contribution in [0.2, 0.25) is 0 Å². The fourth-order valence-electron chi connectivity index (χ4n) is 2.05. The van der Waals surface area contributed by atoms with Crippen molar-refractivity contribution in [2.24, 2.45) is 5.92 Å². The molecule has 6 heteroatoms. The number of rotatable bonds is 4. The number of aliphatic carboxylic acids is 1. The molecule has 1 aliphatic carbocycles. The number of halogens is 1. The van der Waals surface area contributed by atoms with Gasteiger partial charge in [-0.15, -0.1) is 0 Å². The van der Waals surface area contributed by atoms with Crippen LogP contribution in [0.15, 0.2) is 22.7 Å². The molecule has 1 aliphatic rings. The van der Waals surface area contributed by atoms with Crippen LogP contribution < -0.4 is 10.1 Å². The third kappa shape index (κ3) is 3.07. The van der Waals surface area contributed by atoms with Crippen molar-refractivity contribution in [3.05, 3.63) is 28.2 Å². The minimum absolute atomic E-state index is 0.0676. The molecule has 1 fully saturated rings. The van der Waals surface area contributed by atoms with Gasteiger partial charge in [0.1, 0.15) is 5.75 Å². The number of ether oxygens (including phenoxy) is 1. The number of hydrogen-bond donors (Lipinski definition) is 2. The summed E-state index contributed by atoms with van der Waals surface area (Å²) in [6, 6.07) is 5.08. The van der Waals surface area contributed by atoms with Crippen LogP contribution in [0.3, 0.4) is 0 Å². The number of methoxy groups -OCH3 is 1. The van der Waals surface area contributed by atoms with Crippen LogP contribution in [-0.4, -0.2) is 30.1 Å². The van der Waals surface area contributed by atoms with Crippen molar-refractivity contribution in [2.75, 3.05) is 7.11 Å². The highest BCUT2D eigenvalue weighted by Crippen LogP contribution is 2.29. The van der Waals surface area contributed by atoms with Crippen molar-refractivity contribution in [3.8, 4) is 5.75 Å². The summed E-state index contributed by atoms with van der Waals surface area (Å²) in [6.45, 7) is 0. The Labute approximate surface area is 119 Å². The zero-order valence-electron chi connectivity index (χ0n) is 10.4. The lowest BCUT2D eigenvalue weighted by atomic mass is 9.80. The molecule has 0 heterocycles. The van der Waals surface area contributed by atoms with Gasteiger partial charge in [0, 0.05) is 10.5 Å². The SMILES string of the molecule is COc1cc(Br)ccc1C(=O)NC1CC(C(=O)O)C1. The number of benzene rings is 1. The second-order valence-electron chi connectivity index (χ2n) is 4.52. The molecule has 5 nitrogen and oxygen atoms in total. The predicted octanol–water partition coefficient (Wildman–Crippen LogP) is 2.05. The molecule has 0 spiro atoms. The van der Waals surface area contributed by atoms with E-state index in [-0.39, 0.29) is 17.9 Å². The summed E-state index contributed by atoms with van der Waals surface area (Å²) in [5.41, 5.74) is 0.449. The monoisotopic (exact) mass is 327 g/mol. The molecule has 2 N–H and O–H groups in total. The Hall–Kier alpha value is -1.56. The first kappa shape index (κ1) is 13.9. The number of carboxylic acids is 1. The Morgan fingerprint density at radius 3 is 2.68 bits per heavy atom. The normalized spacial score (nSPS) is 21.4. The first-order valence-corrected chi connectivity index (χ1v) is 6.67. The Bertz CT molecular complexity index is 511. The van der Waals surface area contributed by atoms with E-state index in [0.29, 0.717) is 24.2 Å². The van der Waals surface area contributed by atoms with Crippen LogP contribution in [0.4, 0.5) is 0 Å². The van der Waals surface area contributed by atoms with Crippen LogP contribution in [0.1, 0.15) is 23.2 Å². The number of nitrogens with one attached hydrogen (secondary N) is 1. The van der Waals surface area contributed by atoms with E-state index in [4.69, 9.17) is 9.84 Å². The predicted molar refractivity (Wildman–Crippen MR) is 72.3 cm³/mol. The van der Waals surface area contributed by atoms with E-state index in [1.807, 2.05) is 0 Å². The van der Waals surface area contributed by atoms with Crippen molar-refractivity contribution >= 4 is 27.8 Å². The fourth-order valence-corrected chi connectivity index (χ4v) is 2.39. The molecule has 19 heavy (non-hydrogen) atoms. The lowest BCUT2D eigenvalue weighted by molar-refractivity contribution is -0.145. The van der Waals surface area contributed by atoms with Crippen molar-refractivity contribution in [1.29, 1.82) is 0 Å². The topological polar surface area (TPSA) is 75.6 Å². The maximum absolute atomic E-state index is 12.1. The van der Waals surface area contributed by atoms with Gasteiger partial charge in [-0.25, -0.2) is 0 Å². The van der Waals surface area contributed by atoms with Crippen molar-refractivity contribution < 1.29 is 19.4 Å². The Morgan fingerprint density at radius 1 is 1.42 bits per heavy atom. The lowest BCUT2D eigenvalue weighted by Crippen LogP contribution is -2.46. The molecule has 1 amide bonds. The first-order chi connectivity index (χ1) is 9.01. The average molecular weight is 328 g/mol. The van der Waals surface area contributed by atoms with Crippen molar-refractivity contribution in [3.63, 3.8) is 0 Å². The number of carbonyl (C=O) groups is 2. The van der Waals surface area contributed by atoms with Gasteiger partial charge in [0.05, 0.1) is 18.6 Å². The van der Waals surface area contributed by atoms with Gasteiger partial charge in [-0.2, -0.15) is 0 Å². The van der Waals surface area contributed by atoms with Crippen LogP contribution in [0.25, 0.3) is 0 Å². The highest BCUT2D eigenvalue weighted by atomic mass is 79.9. The summed E-state index contributed by atoms with van der Waals surface area (Å²) in [5.74, 6) is -0.886. The average Bonchev–Trinajstić information content (AvgIpc) is 2.32. The summed E-state index contributed by atoms with van der Waals surface area (Å²) in [5, 5.41) is 11.6. The summed E-state index contributed by atoms with van der Waals surface area (Å²) >= 11 is 3.31. The van der Waals surface area contributed by atoms with E-state index in [1.165, 1.54) is 7.11 Å². The van der Waals surface area contributed by atoms with E-state index in [2.05, 4.69) is 21.2 Å². The molecule has 0 saturated heterocycles. The Morgan fingerprint density at radius 2 is 2.11 bits per heavy atom. The number of carboxylic acid groups (broad SMARTS) is 1. The van der Waals surface area contributed by atoms with E-state index in [1.54, 1.807) is 18.2 Å². The van der Waals surface area contributed by atoms with Gasteiger partial charge in [-0.1, -0.05) is 15.9 Å². The molecule has 1 aromatic rings. The maximum atomic E-state index is 12.1. The van der Waals surface area contributed by atoms with Crippen molar-refractivity contribution in [1.82, 2.24) is 5.32 Å². The number of amides is 1. The second kappa shape index (κ2) is 5.61. The van der Waals surface area contributed by atoms with Crippen LogP contribution in [0.5, 0.6) is 5.75 Å². The van der Waals surface area contributed by atoms with Gasteiger partial charge in [0.15, 0.2) is 0 Å². The van der Waals surface area contributed by atoms with Gasteiger partial charge in [0.2, 0.25) is 0 Å². The molecule has 1 aromatic carbocycles. The second-order valence-corrected chi connectivity index (χ2v) is 5.44. The summed E-state index contributed by atoms with van der Waals surface area (Å²) < 4.78 is 5.98.